The largest absolute Gasteiger partial charge is 0.338 e. The fourth-order valence-corrected chi connectivity index (χ4v) is 4.96. The lowest BCUT2D eigenvalue weighted by Gasteiger charge is -2.36. The van der Waals surface area contributed by atoms with Crippen LogP contribution in [0.2, 0.25) is 0 Å². The smallest absolute Gasteiger partial charge is 0.225 e. The molecular weight excluding hydrogens is 354 g/mol. The third-order valence-corrected chi connectivity index (χ3v) is 6.56. The fourth-order valence-electron chi connectivity index (χ4n) is 4.96. The SMILES string of the molecule is O=C1CC2(CCCN2)CC(=O)C1CCCCN1CCN(c2ncccn2)CC1. The van der Waals surface area contributed by atoms with Crippen LogP contribution in [-0.4, -0.2) is 71.2 Å². The van der Waals surface area contributed by atoms with Crippen molar-refractivity contribution in [3.8, 4) is 0 Å². The molecule has 28 heavy (non-hydrogen) atoms. The number of Topliss-reactive ketones (excluding diaryl/α,β-unsaturated/α-hetero) is 2. The Hall–Kier alpha value is -1.86. The molecule has 7 nitrogen and oxygen atoms in total. The predicted molar refractivity (Wildman–Crippen MR) is 107 cm³/mol. The molecule has 152 valence electrons. The first-order valence-corrected chi connectivity index (χ1v) is 10.7. The van der Waals surface area contributed by atoms with E-state index in [0.717, 1.165) is 77.3 Å². The van der Waals surface area contributed by atoms with Crippen LogP contribution in [0.25, 0.3) is 0 Å². The van der Waals surface area contributed by atoms with Crippen LogP contribution < -0.4 is 10.2 Å². The highest BCUT2D eigenvalue weighted by molar-refractivity contribution is 6.05. The van der Waals surface area contributed by atoms with Crippen molar-refractivity contribution < 1.29 is 9.59 Å². The zero-order chi connectivity index (χ0) is 19.4. The minimum atomic E-state index is -0.347. The van der Waals surface area contributed by atoms with E-state index in [1.54, 1.807) is 12.4 Å². The number of carbonyl (C=O) groups excluding carboxylic acids is 2. The molecule has 1 saturated carbocycles. The Labute approximate surface area is 166 Å². The van der Waals surface area contributed by atoms with Crippen molar-refractivity contribution in [1.82, 2.24) is 20.2 Å². The normalized spacial score (nSPS) is 29.0. The highest BCUT2D eigenvalue weighted by Gasteiger charge is 2.45. The van der Waals surface area contributed by atoms with Crippen molar-refractivity contribution in [2.24, 2.45) is 5.92 Å². The molecule has 3 fully saturated rings. The van der Waals surface area contributed by atoms with E-state index in [0.29, 0.717) is 12.8 Å². The van der Waals surface area contributed by atoms with Gasteiger partial charge in [0.25, 0.3) is 0 Å². The van der Waals surface area contributed by atoms with E-state index in [-0.39, 0.29) is 23.0 Å². The van der Waals surface area contributed by atoms with E-state index in [4.69, 9.17) is 0 Å². The second kappa shape index (κ2) is 8.66. The topological polar surface area (TPSA) is 78.4 Å². The number of unbranched alkanes of at least 4 members (excludes halogenated alkanes) is 1. The summed E-state index contributed by atoms with van der Waals surface area (Å²) in [6.07, 6.45) is 9.44. The van der Waals surface area contributed by atoms with Crippen LogP contribution >= 0.6 is 0 Å². The Morgan fingerprint density at radius 2 is 1.75 bits per heavy atom. The van der Waals surface area contributed by atoms with Crippen LogP contribution in [0.4, 0.5) is 5.95 Å². The van der Waals surface area contributed by atoms with Crippen molar-refractivity contribution in [2.75, 3.05) is 44.2 Å². The lowest BCUT2D eigenvalue weighted by molar-refractivity contribution is -0.138. The monoisotopic (exact) mass is 385 g/mol. The van der Waals surface area contributed by atoms with Crippen molar-refractivity contribution >= 4 is 17.5 Å². The van der Waals surface area contributed by atoms with Crippen LogP contribution in [0.15, 0.2) is 18.5 Å². The number of nitrogens with zero attached hydrogens (tertiary/aromatic N) is 4. The summed E-state index contributed by atoms with van der Waals surface area (Å²) in [5.74, 6) is 0.801. The molecule has 0 unspecified atom stereocenters. The molecule has 0 bridgehead atoms. The number of nitrogens with one attached hydrogen (secondary N) is 1. The van der Waals surface area contributed by atoms with E-state index in [2.05, 4.69) is 25.1 Å². The molecule has 2 saturated heterocycles. The average molecular weight is 386 g/mol. The first-order chi connectivity index (χ1) is 13.7. The van der Waals surface area contributed by atoms with Crippen LogP contribution in [0.3, 0.4) is 0 Å². The number of carbonyl (C=O) groups is 2. The number of aromatic nitrogens is 2. The molecule has 7 heteroatoms. The molecule has 0 radical (unpaired) electrons. The number of rotatable bonds is 6. The van der Waals surface area contributed by atoms with Crippen LogP contribution in [0.5, 0.6) is 0 Å². The Morgan fingerprint density at radius 1 is 1.04 bits per heavy atom. The first-order valence-electron chi connectivity index (χ1n) is 10.7. The van der Waals surface area contributed by atoms with Crippen LogP contribution in [0, 0.1) is 5.92 Å². The second-order valence-electron chi connectivity index (χ2n) is 8.52. The van der Waals surface area contributed by atoms with Crippen LogP contribution in [-0.2, 0) is 9.59 Å². The van der Waals surface area contributed by atoms with Gasteiger partial charge in [0.15, 0.2) is 0 Å². The number of anilines is 1. The summed E-state index contributed by atoms with van der Waals surface area (Å²) >= 11 is 0. The van der Waals surface area contributed by atoms with E-state index in [1.807, 2.05) is 6.07 Å². The van der Waals surface area contributed by atoms with Gasteiger partial charge in [-0.15, -0.1) is 0 Å². The molecule has 1 aliphatic carbocycles. The van der Waals surface area contributed by atoms with Gasteiger partial charge in [0.1, 0.15) is 11.6 Å². The number of ketones is 2. The van der Waals surface area contributed by atoms with Gasteiger partial charge in [-0.2, -0.15) is 0 Å². The molecule has 0 aromatic carbocycles. The van der Waals surface area contributed by atoms with Gasteiger partial charge in [-0.25, -0.2) is 9.97 Å². The van der Waals surface area contributed by atoms with Gasteiger partial charge in [-0.05, 0) is 44.8 Å². The van der Waals surface area contributed by atoms with Crippen molar-refractivity contribution in [3.63, 3.8) is 0 Å². The summed E-state index contributed by atoms with van der Waals surface area (Å²) in [7, 11) is 0. The van der Waals surface area contributed by atoms with Gasteiger partial charge in [-0.3, -0.25) is 14.5 Å². The van der Waals surface area contributed by atoms with Gasteiger partial charge >= 0.3 is 0 Å². The minimum Gasteiger partial charge on any atom is -0.338 e. The molecule has 2 aliphatic heterocycles. The maximum Gasteiger partial charge on any atom is 0.225 e. The average Bonchev–Trinajstić information content (AvgIpc) is 3.15. The Kier molecular flexibility index (Phi) is 6.01. The molecule has 3 heterocycles. The number of piperazine rings is 1. The quantitative estimate of drug-likeness (QED) is 0.586. The number of hydrogen-bond donors (Lipinski definition) is 1. The molecule has 3 aliphatic rings. The fraction of sp³-hybridized carbons (Fsp3) is 0.714. The predicted octanol–water partition coefficient (Wildman–Crippen LogP) is 1.44. The van der Waals surface area contributed by atoms with E-state index < -0.39 is 0 Å². The lowest BCUT2D eigenvalue weighted by atomic mass is 9.72. The summed E-state index contributed by atoms with van der Waals surface area (Å²) in [4.78, 5) is 38.4. The Bertz CT molecular complexity index is 661. The standard InChI is InChI=1S/C21H31N5O2/c27-18-15-21(6-3-9-24-21)16-19(28)17(18)5-1-2-10-25-11-13-26(14-12-25)20-22-7-4-8-23-20/h4,7-8,17,24H,1-3,5-6,9-16H2. The van der Waals surface area contributed by atoms with Crippen molar-refractivity contribution in [1.29, 1.82) is 0 Å². The Morgan fingerprint density at radius 3 is 2.39 bits per heavy atom. The van der Waals surface area contributed by atoms with Gasteiger partial charge < -0.3 is 10.2 Å². The minimum absolute atomic E-state index is 0.169. The number of hydrogen-bond acceptors (Lipinski definition) is 7. The summed E-state index contributed by atoms with van der Waals surface area (Å²) in [6.45, 7) is 5.87. The van der Waals surface area contributed by atoms with E-state index in [9.17, 15) is 9.59 Å². The van der Waals surface area contributed by atoms with Gasteiger partial charge in [0.05, 0.1) is 5.92 Å². The third-order valence-electron chi connectivity index (χ3n) is 6.56. The second-order valence-corrected chi connectivity index (χ2v) is 8.52. The van der Waals surface area contributed by atoms with E-state index in [1.165, 1.54) is 0 Å². The molecule has 1 N–H and O–H groups in total. The van der Waals surface area contributed by atoms with Gasteiger partial charge in [0.2, 0.25) is 5.95 Å². The third kappa shape index (κ3) is 4.41. The van der Waals surface area contributed by atoms with Crippen molar-refractivity contribution in [2.45, 2.75) is 50.5 Å². The first kappa shape index (κ1) is 19.5. The van der Waals surface area contributed by atoms with Crippen molar-refractivity contribution in [3.05, 3.63) is 18.5 Å². The van der Waals surface area contributed by atoms with Crippen LogP contribution in [0.1, 0.15) is 44.9 Å². The van der Waals surface area contributed by atoms with E-state index >= 15 is 0 Å². The highest BCUT2D eigenvalue weighted by atomic mass is 16.2. The maximum atomic E-state index is 12.5. The van der Waals surface area contributed by atoms with Gasteiger partial charge in [-0.1, -0.05) is 6.42 Å². The summed E-state index contributed by atoms with van der Waals surface area (Å²) in [5.41, 5.74) is -0.202. The summed E-state index contributed by atoms with van der Waals surface area (Å²) in [6, 6.07) is 1.84. The molecular formula is C21H31N5O2. The molecule has 4 rings (SSSR count). The molecule has 1 aromatic rings. The maximum absolute atomic E-state index is 12.5. The molecule has 1 spiro atoms. The molecule has 0 atom stereocenters. The van der Waals surface area contributed by atoms with Gasteiger partial charge in [0, 0.05) is 57.0 Å². The zero-order valence-electron chi connectivity index (χ0n) is 16.6. The Balaban J connectivity index is 1.16. The highest BCUT2D eigenvalue weighted by Crippen LogP contribution is 2.35. The summed E-state index contributed by atoms with van der Waals surface area (Å²) in [5, 5.41) is 3.42. The molecule has 1 aromatic heterocycles. The molecule has 0 amide bonds. The zero-order valence-corrected chi connectivity index (χ0v) is 16.6. The lowest BCUT2D eigenvalue weighted by Crippen LogP contribution is -2.50. The summed E-state index contributed by atoms with van der Waals surface area (Å²) < 4.78 is 0.